The van der Waals surface area contributed by atoms with E-state index >= 15 is 0 Å². The van der Waals surface area contributed by atoms with Crippen LogP contribution in [-0.4, -0.2) is 25.7 Å². The summed E-state index contributed by atoms with van der Waals surface area (Å²) >= 11 is 0. The molecule has 0 spiro atoms. The number of benzene rings is 2. The molecule has 0 radical (unpaired) electrons. The van der Waals surface area contributed by atoms with Gasteiger partial charge in [0.1, 0.15) is 12.4 Å². The second kappa shape index (κ2) is 9.06. The van der Waals surface area contributed by atoms with Gasteiger partial charge in [0, 0.05) is 23.2 Å². The average Bonchev–Trinajstić information content (AvgIpc) is 3.19. The largest absolute Gasteiger partial charge is 0.489 e. The van der Waals surface area contributed by atoms with E-state index in [1.807, 2.05) is 48.7 Å². The molecule has 6 nitrogen and oxygen atoms in total. The van der Waals surface area contributed by atoms with Crippen molar-refractivity contribution in [1.82, 2.24) is 14.6 Å². The summed E-state index contributed by atoms with van der Waals surface area (Å²) in [6, 6.07) is 17.5. The van der Waals surface area contributed by atoms with Gasteiger partial charge in [-0.2, -0.15) is 0 Å². The van der Waals surface area contributed by atoms with Crippen LogP contribution in [0.2, 0.25) is 0 Å². The van der Waals surface area contributed by atoms with E-state index in [-0.39, 0.29) is 12.3 Å². The Labute approximate surface area is 186 Å². The van der Waals surface area contributed by atoms with Gasteiger partial charge in [-0.25, -0.2) is 9.50 Å². The van der Waals surface area contributed by atoms with Gasteiger partial charge in [-0.05, 0) is 48.7 Å². The molecule has 0 bridgehead atoms. The van der Waals surface area contributed by atoms with E-state index in [9.17, 15) is 4.79 Å². The summed E-state index contributed by atoms with van der Waals surface area (Å²) in [7, 11) is 0. The zero-order valence-corrected chi connectivity index (χ0v) is 18.2. The van der Waals surface area contributed by atoms with Crippen LogP contribution in [0.1, 0.15) is 34.6 Å². The lowest BCUT2D eigenvalue weighted by atomic mass is 9.96. The second-order valence-corrected chi connectivity index (χ2v) is 7.84. The predicted octanol–water partition coefficient (Wildman–Crippen LogP) is 5.34. The Kier molecular flexibility index (Phi) is 6.03. The van der Waals surface area contributed by atoms with E-state index in [2.05, 4.69) is 42.6 Å². The fourth-order valence-electron chi connectivity index (χ4n) is 3.79. The minimum absolute atomic E-state index is 0.0195. The number of aliphatic carboxylic acids is 1. The number of hydrogen-bond acceptors (Lipinski definition) is 4. The van der Waals surface area contributed by atoms with Crippen molar-refractivity contribution in [3.8, 4) is 17.1 Å². The highest BCUT2D eigenvalue weighted by Crippen LogP contribution is 2.26. The normalized spacial score (nSPS) is 11.9. The lowest BCUT2D eigenvalue weighted by Gasteiger charge is -2.12. The maximum absolute atomic E-state index is 11.0. The summed E-state index contributed by atoms with van der Waals surface area (Å²) in [6.45, 7) is 8.25. The van der Waals surface area contributed by atoms with E-state index in [1.54, 1.807) is 10.6 Å². The maximum Gasteiger partial charge on any atom is 0.304 e. The van der Waals surface area contributed by atoms with Crippen molar-refractivity contribution < 1.29 is 14.6 Å². The molecule has 0 unspecified atom stereocenters. The van der Waals surface area contributed by atoms with E-state index in [4.69, 9.17) is 9.84 Å². The zero-order valence-electron chi connectivity index (χ0n) is 18.2. The van der Waals surface area contributed by atoms with Crippen LogP contribution in [-0.2, 0) is 11.4 Å². The number of hydrogen-bond donors (Lipinski definition) is 1. The van der Waals surface area contributed by atoms with Crippen LogP contribution < -0.4 is 4.74 Å². The van der Waals surface area contributed by atoms with Crippen molar-refractivity contribution in [3.05, 3.63) is 95.7 Å². The fraction of sp³-hybridized carbons (Fsp3) is 0.192. The molecule has 2 aromatic carbocycles. The molecule has 2 heterocycles. The molecule has 0 aliphatic carbocycles. The van der Waals surface area contributed by atoms with Crippen LogP contribution >= 0.6 is 0 Å². The third-order valence-electron chi connectivity index (χ3n) is 5.49. The smallest absolute Gasteiger partial charge is 0.304 e. The van der Waals surface area contributed by atoms with Crippen molar-refractivity contribution >= 4 is 11.6 Å². The molecule has 32 heavy (non-hydrogen) atoms. The monoisotopic (exact) mass is 427 g/mol. The number of ether oxygens (including phenoxy) is 1. The van der Waals surface area contributed by atoms with Gasteiger partial charge >= 0.3 is 5.97 Å². The van der Waals surface area contributed by atoms with Gasteiger partial charge in [-0.3, -0.25) is 4.79 Å². The number of allylic oxidation sites excluding steroid dienone is 1. The van der Waals surface area contributed by atoms with Crippen LogP contribution in [0.25, 0.3) is 17.0 Å². The molecule has 4 rings (SSSR count). The van der Waals surface area contributed by atoms with Gasteiger partial charge in [-0.1, -0.05) is 42.5 Å². The standard InChI is InChI=1S/C26H25N3O3/c1-4-20(14-24(30)31)21-9-11-22(12-10-21)32-16-19-8-13-23-27-26(28-29(23)15-19)25-17(2)6-5-7-18(25)3/h4-13,15,20H,1,14,16H2,2-3H3,(H,30,31)/t20-/m0/s1. The Morgan fingerprint density at radius 1 is 1.12 bits per heavy atom. The first-order valence-electron chi connectivity index (χ1n) is 10.4. The minimum Gasteiger partial charge on any atom is -0.489 e. The molecule has 162 valence electrons. The number of nitrogens with zero attached hydrogens (tertiary/aromatic N) is 3. The van der Waals surface area contributed by atoms with Crippen LogP contribution in [0, 0.1) is 13.8 Å². The van der Waals surface area contributed by atoms with Crippen LogP contribution in [0.4, 0.5) is 0 Å². The summed E-state index contributed by atoms with van der Waals surface area (Å²) in [5, 5.41) is 13.7. The first-order chi connectivity index (χ1) is 15.4. The molecule has 2 aromatic heterocycles. The summed E-state index contributed by atoms with van der Waals surface area (Å²) in [4.78, 5) is 15.7. The van der Waals surface area contributed by atoms with Gasteiger partial charge < -0.3 is 9.84 Å². The summed E-state index contributed by atoms with van der Waals surface area (Å²) in [6.07, 6.45) is 3.60. The summed E-state index contributed by atoms with van der Waals surface area (Å²) < 4.78 is 7.70. The molecule has 0 saturated carbocycles. The number of carbonyl (C=O) groups is 1. The molecule has 6 heteroatoms. The van der Waals surface area contributed by atoms with Gasteiger partial charge in [-0.15, -0.1) is 11.7 Å². The molecular formula is C26H25N3O3. The predicted molar refractivity (Wildman–Crippen MR) is 124 cm³/mol. The van der Waals surface area contributed by atoms with E-state index in [1.165, 1.54) is 0 Å². The van der Waals surface area contributed by atoms with E-state index in [0.717, 1.165) is 33.5 Å². The molecule has 4 aromatic rings. The fourth-order valence-corrected chi connectivity index (χ4v) is 3.79. The number of rotatable bonds is 8. The Morgan fingerprint density at radius 3 is 2.50 bits per heavy atom. The third-order valence-corrected chi connectivity index (χ3v) is 5.49. The second-order valence-electron chi connectivity index (χ2n) is 7.84. The first-order valence-corrected chi connectivity index (χ1v) is 10.4. The molecular weight excluding hydrogens is 402 g/mol. The molecule has 0 aliphatic rings. The lowest BCUT2D eigenvalue weighted by molar-refractivity contribution is -0.137. The number of pyridine rings is 1. The number of carboxylic acids is 1. The number of aromatic nitrogens is 3. The quantitative estimate of drug-likeness (QED) is 0.384. The molecule has 1 atom stereocenters. The minimum atomic E-state index is -0.848. The molecule has 0 aliphatic heterocycles. The Bertz CT molecular complexity index is 1260. The number of fused-ring (bicyclic) bond motifs is 1. The van der Waals surface area contributed by atoms with Crippen molar-refractivity contribution in [2.24, 2.45) is 0 Å². The summed E-state index contributed by atoms with van der Waals surface area (Å²) in [5.41, 5.74) is 6.01. The van der Waals surface area contributed by atoms with Crippen molar-refractivity contribution in [2.75, 3.05) is 0 Å². The van der Waals surface area contributed by atoms with E-state index in [0.29, 0.717) is 18.2 Å². The number of carboxylic acid groups (broad SMARTS) is 1. The van der Waals surface area contributed by atoms with E-state index < -0.39 is 5.97 Å². The highest BCUT2D eigenvalue weighted by molar-refractivity contribution is 5.68. The van der Waals surface area contributed by atoms with Crippen LogP contribution in [0.15, 0.2) is 73.4 Å². The Morgan fingerprint density at radius 2 is 1.84 bits per heavy atom. The van der Waals surface area contributed by atoms with Gasteiger partial charge in [0.05, 0.1) is 6.42 Å². The highest BCUT2D eigenvalue weighted by atomic mass is 16.5. The van der Waals surface area contributed by atoms with Crippen LogP contribution in [0.3, 0.4) is 0 Å². The number of aryl methyl sites for hydroxylation is 2. The Balaban J connectivity index is 1.48. The average molecular weight is 428 g/mol. The topological polar surface area (TPSA) is 76.7 Å². The van der Waals surface area contributed by atoms with Crippen molar-refractivity contribution in [3.63, 3.8) is 0 Å². The highest BCUT2D eigenvalue weighted by Gasteiger charge is 2.13. The molecule has 0 fully saturated rings. The first kappa shape index (κ1) is 21.3. The Hall–Kier alpha value is -3.93. The van der Waals surface area contributed by atoms with Gasteiger partial charge in [0.2, 0.25) is 0 Å². The summed E-state index contributed by atoms with van der Waals surface area (Å²) in [5.74, 6) is 0.357. The van der Waals surface area contributed by atoms with Crippen molar-refractivity contribution in [2.45, 2.75) is 32.8 Å². The molecule has 0 amide bonds. The molecule has 1 N–H and O–H groups in total. The zero-order chi connectivity index (χ0) is 22.7. The maximum atomic E-state index is 11.0. The third kappa shape index (κ3) is 4.54. The SMILES string of the molecule is C=C[C@@H](CC(=O)O)c1ccc(OCc2ccc3nc(-c4c(C)cccc4C)nn3c2)cc1. The van der Waals surface area contributed by atoms with Gasteiger partial charge in [0.25, 0.3) is 0 Å². The lowest BCUT2D eigenvalue weighted by Crippen LogP contribution is -2.04. The molecule has 0 saturated heterocycles. The van der Waals surface area contributed by atoms with Crippen LogP contribution in [0.5, 0.6) is 5.75 Å². The van der Waals surface area contributed by atoms with Gasteiger partial charge in [0.15, 0.2) is 11.5 Å². The van der Waals surface area contributed by atoms with Crippen molar-refractivity contribution in [1.29, 1.82) is 0 Å².